The van der Waals surface area contributed by atoms with Gasteiger partial charge in [-0.15, -0.1) is 0 Å². The van der Waals surface area contributed by atoms with Crippen LogP contribution in [-0.4, -0.2) is 40.0 Å². The Kier molecular flexibility index (Phi) is 10.1. The molecular weight excluding hydrogens is 440 g/mol. The Balaban J connectivity index is 2.54. The first-order chi connectivity index (χ1) is 15.7. The number of benzene rings is 1. The van der Waals surface area contributed by atoms with Gasteiger partial charge in [-0.1, -0.05) is 59.3 Å². The van der Waals surface area contributed by atoms with Gasteiger partial charge in [0.05, 0.1) is 36.3 Å². The molecule has 6 nitrogen and oxygen atoms in total. The van der Waals surface area contributed by atoms with E-state index in [0.29, 0.717) is 18.4 Å². The van der Waals surface area contributed by atoms with E-state index in [1.54, 1.807) is 6.07 Å². The lowest BCUT2D eigenvalue weighted by Crippen LogP contribution is -2.22. The highest BCUT2D eigenvalue weighted by atomic mass is 32.2. The third-order valence-electron chi connectivity index (χ3n) is 6.16. The Morgan fingerprint density at radius 2 is 1.45 bits per heavy atom. The van der Waals surface area contributed by atoms with Crippen molar-refractivity contribution in [3.63, 3.8) is 0 Å². The predicted octanol–water partition coefficient (Wildman–Crippen LogP) is 5.89. The second kappa shape index (κ2) is 12.4. The summed E-state index contributed by atoms with van der Waals surface area (Å²) in [6, 6.07) is 1.58. The SMILES string of the molecule is CCCCCCCCC(c1cc(OC)c2c(c1OC)C(=O)C=CC2=O)S(=O)(=O)CCC(C)C. The van der Waals surface area contributed by atoms with Crippen molar-refractivity contribution in [1.82, 2.24) is 0 Å². The molecule has 184 valence electrons. The van der Waals surface area contributed by atoms with E-state index in [1.807, 2.05) is 13.8 Å². The van der Waals surface area contributed by atoms with Crippen LogP contribution < -0.4 is 9.47 Å². The van der Waals surface area contributed by atoms with E-state index >= 15 is 0 Å². The fourth-order valence-electron chi connectivity index (χ4n) is 4.26. The Hall–Kier alpha value is -2.15. The van der Waals surface area contributed by atoms with Crippen molar-refractivity contribution in [2.45, 2.75) is 77.4 Å². The molecule has 0 spiro atoms. The first-order valence-electron chi connectivity index (χ1n) is 11.9. The zero-order chi connectivity index (χ0) is 24.6. The van der Waals surface area contributed by atoms with Crippen molar-refractivity contribution in [2.75, 3.05) is 20.0 Å². The van der Waals surface area contributed by atoms with Crippen LogP contribution in [0, 0.1) is 5.92 Å². The summed E-state index contributed by atoms with van der Waals surface area (Å²) < 4.78 is 38.1. The summed E-state index contributed by atoms with van der Waals surface area (Å²) in [6.45, 7) is 6.16. The van der Waals surface area contributed by atoms with Crippen LogP contribution in [-0.2, 0) is 9.84 Å². The Morgan fingerprint density at radius 1 is 0.848 bits per heavy atom. The second-order valence-corrected chi connectivity index (χ2v) is 11.4. The molecule has 0 N–H and O–H groups in total. The molecule has 1 unspecified atom stereocenters. The van der Waals surface area contributed by atoms with Gasteiger partial charge in [0.15, 0.2) is 21.4 Å². The zero-order valence-corrected chi connectivity index (χ0v) is 21.4. The minimum Gasteiger partial charge on any atom is -0.496 e. The number of ether oxygens (including phenoxy) is 2. The number of rotatable bonds is 14. The monoisotopic (exact) mass is 478 g/mol. The molecule has 0 aromatic heterocycles. The van der Waals surface area contributed by atoms with Gasteiger partial charge in [0.25, 0.3) is 0 Å². The number of hydrogen-bond acceptors (Lipinski definition) is 6. The van der Waals surface area contributed by atoms with Crippen LogP contribution in [0.5, 0.6) is 11.5 Å². The highest BCUT2D eigenvalue weighted by Gasteiger charge is 2.36. The van der Waals surface area contributed by atoms with E-state index in [1.165, 1.54) is 32.8 Å². The molecule has 0 aliphatic heterocycles. The lowest BCUT2D eigenvalue weighted by Gasteiger charge is -2.25. The molecule has 1 aliphatic carbocycles. The van der Waals surface area contributed by atoms with Crippen molar-refractivity contribution < 1.29 is 27.5 Å². The van der Waals surface area contributed by atoms with Gasteiger partial charge in [0.2, 0.25) is 0 Å². The van der Waals surface area contributed by atoms with E-state index in [0.717, 1.165) is 32.1 Å². The third kappa shape index (κ3) is 6.69. The number of hydrogen-bond donors (Lipinski definition) is 0. The van der Waals surface area contributed by atoms with Crippen LogP contribution in [0.25, 0.3) is 0 Å². The number of allylic oxidation sites excluding steroid dienone is 2. The normalized spacial score (nSPS) is 14.5. The van der Waals surface area contributed by atoms with Crippen molar-refractivity contribution in [1.29, 1.82) is 0 Å². The van der Waals surface area contributed by atoms with Crippen LogP contribution in [0.4, 0.5) is 0 Å². The van der Waals surface area contributed by atoms with Gasteiger partial charge in [-0.3, -0.25) is 9.59 Å². The Labute approximate surface area is 198 Å². The van der Waals surface area contributed by atoms with Crippen LogP contribution in [0.3, 0.4) is 0 Å². The van der Waals surface area contributed by atoms with Crippen molar-refractivity contribution in [3.05, 3.63) is 34.9 Å². The number of unbranched alkanes of at least 4 members (excludes halogenated alkanes) is 5. The number of ketones is 2. The fourth-order valence-corrected chi connectivity index (χ4v) is 6.43. The first-order valence-corrected chi connectivity index (χ1v) is 13.7. The van der Waals surface area contributed by atoms with Gasteiger partial charge < -0.3 is 9.47 Å². The number of carbonyl (C=O) groups is 2. The van der Waals surface area contributed by atoms with Gasteiger partial charge in [0, 0.05) is 5.56 Å². The highest BCUT2D eigenvalue weighted by molar-refractivity contribution is 7.91. The number of carbonyl (C=O) groups excluding carboxylic acids is 2. The van der Waals surface area contributed by atoms with Crippen molar-refractivity contribution >= 4 is 21.4 Å². The van der Waals surface area contributed by atoms with E-state index < -0.39 is 15.1 Å². The average Bonchev–Trinajstić information content (AvgIpc) is 2.78. The average molecular weight is 479 g/mol. The van der Waals surface area contributed by atoms with Gasteiger partial charge in [-0.2, -0.15) is 0 Å². The molecule has 0 heterocycles. The molecular formula is C26H38O6S. The largest absolute Gasteiger partial charge is 0.496 e. The summed E-state index contributed by atoms with van der Waals surface area (Å²) in [5.41, 5.74) is 0.622. The lowest BCUT2D eigenvalue weighted by atomic mass is 9.89. The first kappa shape index (κ1) is 27.1. The maximum Gasteiger partial charge on any atom is 0.190 e. The van der Waals surface area contributed by atoms with Gasteiger partial charge in [0.1, 0.15) is 11.5 Å². The standard InChI is InChI=1S/C26H38O6S/c1-6-7-8-9-10-11-12-23(33(29,30)16-15-18(2)3)19-17-22(31-4)24-20(27)13-14-21(28)25(24)26(19)32-5/h13-14,17-18,23H,6-12,15-16H2,1-5H3. The molecule has 0 radical (unpaired) electrons. The fraction of sp³-hybridized carbons (Fsp3) is 0.615. The summed E-state index contributed by atoms with van der Waals surface area (Å²) >= 11 is 0. The number of sulfone groups is 1. The predicted molar refractivity (Wildman–Crippen MR) is 131 cm³/mol. The molecule has 0 amide bonds. The van der Waals surface area contributed by atoms with Gasteiger partial charge >= 0.3 is 0 Å². The molecule has 0 fully saturated rings. The summed E-state index contributed by atoms with van der Waals surface area (Å²) in [4.78, 5) is 25.3. The summed E-state index contributed by atoms with van der Waals surface area (Å²) in [6.07, 6.45) is 9.63. The van der Waals surface area contributed by atoms with E-state index in [-0.39, 0.29) is 45.9 Å². The van der Waals surface area contributed by atoms with E-state index in [4.69, 9.17) is 9.47 Å². The summed E-state index contributed by atoms with van der Waals surface area (Å²) in [7, 11) is -0.711. The molecule has 1 aromatic rings. The minimum atomic E-state index is -3.53. The van der Waals surface area contributed by atoms with E-state index in [9.17, 15) is 18.0 Å². The van der Waals surface area contributed by atoms with Crippen LogP contribution in [0.1, 0.15) is 104 Å². The quantitative estimate of drug-likeness (QED) is 0.310. The smallest absolute Gasteiger partial charge is 0.190 e. The molecule has 0 saturated heterocycles. The van der Waals surface area contributed by atoms with Crippen LogP contribution >= 0.6 is 0 Å². The lowest BCUT2D eigenvalue weighted by molar-refractivity contribution is 0.0988. The van der Waals surface area contributed by atoms with Crippen molar-refractivity contribution in [3.8, 4) is 11.5 Å². The van der Waals surface area contributed by atoms with E-state index in [2.05, 4.69) is 6.92 Å². The maximum atomic E-state index is 13.5. The molecule has 33 heavy (non-hydrogen) atoms. The summed E-state index contributed by atoms with van der Waals surface area (Å²) in [5.74, 6) is -0.0756. The zero-order valence-electron chi connectivity index (χ0n) is 20.6. The maximum absolute atomic E-state index is 13.5. The molecule has 1 aliphatic rings. The topological polar surface area (TPSA) is 86.7 Å². The van der Waals surface area contributed by atoms with Crippen LogP contribution in [0.2, 0.25) is 0 Å². The number of methoxy groups -OCH3 is 2. The van der Waals surface area contributed by atoms with Gasteiger partial charge in [-0.25, -0.2) is 8.42 Å². The van der Waals surface area contributed by atoms with Crippen LogP contribution in [0.15, 0.2) is 18.2 Å². The molecule has 1 aromatic carbocycles. The van der Waals surface area contributed by atoms with Crippen molar-refractivity contribution in [2.24, 2.45) is 5.92 Å². The minimum absolute atomic E-state index is 0.0561. The molecule has 7 heteroatoms. The molecule has 0 bridgehead atoms. The Morgan fingerprint density at radius 3 is 2.03 bits per heavy atom. The highest BCUT2D eigenvalue weighted by Crippen LogP contribution is 2.44. The molecule has 0 saturated carbocycles. The molecule has 2 rings (SSSR count). The van der Waals surface area contributed by atoms with Gasteiger partial charge in [-0.05, 0) is 37.0 Å². The Bertz CT molecular complexity index is 975. The number of fused-ring (bicyclic) bond motifs is 1. The molecule has 1 atom stereocenters. The summed E-state index contributed by atoms with van der Waals surface area (Å²) in [5, 5.41) is -0.828. The third-order valence-corrected chi connectivity index (χ3v) is 8.32. The second-order valence-electron chi connectivity index (χ2n) is 9.11.